The van der Waals surface area contributed by atoms with Crippen molar-refractivity contribution in [2.75, 3.05) is 6.79 Å². The first kappa shape index (κ1) is 15.7. The zero-order valence-electron chi connectivity index (χ0n) is 15.1. The van der Waals surface area contributed by atoms with E-state index in [1.807, 2.05) is 36.4 Å². The van der Waals surface area contributed by atoms with Crippen LogP contribution < -0.4 is 9.47 Å². The van der Waals surface area contributed by atoms with Gasteiger partial charge in [-0.15, -0.1) is 0 Å². The van der Waals surface area contributed by atoms with Crippen LogP contribution in [0.2, 0.25) is 0 Å². The van der Waals surface area contributed by atoms with E-state index < -0.39 is 6.04 Å². The normalized spacial score (nSPS) is 23.1. The molecule has 0 unspecified atom stereocenters. The summed E-state index contributed by atoms with van der Waals surface area (Å²) in [6.07, 6.45) is 1.16. The van der Waals surface area contributed by atoms with Gasteiger partial charge < -0.3 is 19.4 Å². The number of para-hydroxylation sites is 1. The van der Waals surface area contributed by atoms with E-state index in [0.29, 0.717) is 24.3 Å². The molecule has 2 atom stereocenters. The molecule has 0 aliphatic carbocycles. The second-order valence-electron chi connectivity index (χ2n) is 7.57. The highest BCUT2D eigenvalue weighted by molar-refractivity contribution is 5.98. The van der Waals surface area contributed by atoms with Crippen molar-refractivity contribution in [3.63, 3.8) is 0 Å². The summed E-state index contributed by atoms with van der Waals surface area (Å²) in [5.41, 5.74) is 4.06. The molecule has 3 aromatic rings. The van der Waals surface area contributed by atoms with Crippen molar-refractivity contribution in [3.8, 4) is 11.5 Å². The van der Waals surface area contributed by atoms with Gasteiger partial charge in [-0.05, 0) is 29.3 Å². The minimum atomic E-state index is -0.414. The number of nitrogens with zero attached hydrogens (tertiary/aromatic N) is 1. The van der Waals surface area contributed by atoms with Gasteiger partial charge >= 0.3 is 0 Å². The van der Waals surface area contributed by atoms with Crippen LogP contribution in [0, 0.1) is 0 Å². The minimum absolute atomic E-state index is 0.0246. The van der Waals surface area contributed by atoms with Crippen molar-refractivity contribution >= 4 is 22.6 Å². The average molecular weight is 374 g/mol. The molecule has 1 aromatic heterocycles. The fraction of sp³-hybridized carbons (Fsp3) is 0.273. The number of rotatable bonds is 1. The van der Waals surface area contributed by atoms with Crippen LogP contribution in [0.25, 0.3) is 10.9 Å². The van der Waals surface area contributed by atoms with E-state index in [9.17, 15) is 9.59 Å². The number of carbonyl (C=O) groups excluding carboxylic acids is 2. The number of piperidine rings is 1. The summed E-state index contributed by atoms with van der Waals surface area (Å²) in [7, 11) is 0. The summed E-state index contributed by atoms with van der Waals surface area (Å²) in [5, 5.41) is 1.12. The van der Waals surface area contributed by atoms with Gasteiger partial charge in [0, 0.05) is 35.9 Å². The molecule has 140 valence electrons. The number of ether oxygens (including phenoxy) is 2. The Labute approximate surface area is 161 Å². The Morgan fingerprint density at radius 2 is 1.86 bits per heavy atom. The summed E-state index contributed by atoms with van der Waals surface area (Å²) >= 11 is 0. The second-order valence-corrected chi connectivity index (χ2v) is 7.57. The third kappa shape index (κ3) is 2.08. The molecule has 6 nitrogen and oxygen atoms in total. The Balaban J connectivity index is 1.60. The average Bonchev–Trinajstić information content (AvgIpc) is 3.33. The highest BCUT2D eigenvalue weighted by Gasteiger charge is 2.45. The molecule has 1 N–H and O–H groups in total. The van der Waals surface area contributed by atoms with E-state index >= 15 is 0 Å². The summed E-state index contributed by atoms with van der Waals surface area (Å²) in [6, 6.07) is 13.1. The van der Waals surface area contributed by atoms with Crippen molar-refractivity contribution in [2.24, 2.45) is 0 Å². The molecular formula is C22H18N2O4. The number of aromatic amines is 1. The predicted octanol–water partition coefficient (Wildman–Crippen LogP) is 3.10. The molecule has 0 bridgehead atoms. The summed E-state index contributed by atoms with van der Waals surface area (Å²) in [5.74, 6) is 1.54. The largest absolute Gasteiger partial charge is 0.454 e. The number of nitrogens with one attached hydrogen (secondary N) is 1. The fourth-order valence-electron chi connectivity index (χ4n) is 4.81. The number of Topliss-reactive ketones (excluding diaryl/α,β-unsaturated/α-hetero) is 1. The predicted molar refractivity (Wildman–Crippen MR) is 101 cm³/mol. The molecular weight excluding hydrogens is 356 g/mol. The van der Waals surface area contributed by atoms with Gasteiger partial charge in [-0.2, -0.15) is 0 Å². The van der Waals surface area contributed by atoms with Gasteiger partial charge in [0.05, 0.1) is 12.1 Å². The third-order valence-electron chi connectivity index (χ3n) is 6.09. The Hall–Kier alpha value is -3.28. The van der Waals surface area contributed by atoms with E-state index in [4.69, 9.17) is 9.47 Å². The van der Waals surface area contributed by atoms with Gasteiger partial charge in [-0.25, -0.2) is 0 Å². The smallest absolute Gasteiger partial charge is 0.231 e. The number of benzene rings is 2. The lowest BCUT2D eigenvalue weighted by molar-refractivity contribution is -0.147. The number of hydrogen-bond donors (Lipinski definition) is 1. The van der Waals surface area contributed by atoms with Crippen LogP contribution in [-0.4, -0.2) is 34.4 Å². The molecule has 28 heavy (non-hydrogen) atoms. The van der Waals surface area contributed by atoms with E-state index in [1.54, 1.807) is 4.90 Å². The zero-order valence-corrected chi connectivity index (χ0v) is 15.1. The number of carbonyl (C=O) groups is 2. The minimum Gasteiger partial charge on any atom is -0.454 e. The van der Waals surface area contributed by atoms with E-state index in [1.165, 1.54) is 0 Å². The molecule has 3 aliphatic rings. The van der Waals surface area contributed by atoms with Crippen LogP contribution in [0.5, 0.6) is 11.5 Å². The van der Waals surface area contributed by atoms with Gasteiger partial charge in [0.25, 0.3) is 0 Å². The fourth-order valence-corrected chi connectivity index (χ4v) is 4.81. The molecule has 1 fully saturated rings. The maximum atomic E-state index is 12.9. The van der Waals surface area contributed by atoms with Gasteiger partial charge in [-0.1, -0.05) is 24.3 Å². The molecule has 2 aromatic carbocycles. The first-order valence-corrected chi connectivity index (χ1v) is 9.53. The van der Waals surface area contributed by atoms with Crippen LogP contribution in [-0.2, 0) is 16.0 Å². The summed E-state index contributed by atoms with van der Waals surface area (Å²) < 4.78 is 11.0. The third-order valence-corrected chi connectivity index (χ3v) is 6.09. The van der Waals surface area contributed by atoms with Gasteiger partial charge in [0.15, 0.2) is 17.3 Å². The first-order valence-electron chi connectivity index (χ1n) is 9.53. The maximum absolute atomic E-state index is 12.9. The number of amides is 1. The lowest BCUT2D eigenvalue weighted by Gasteiger charge is -2.44. The summed E-state index contributed by atoms with van der Waals surface area (Å²) in [4.78, 5) is 31.0. The molecule has 4 heterocycles. The van der Waals surface area contributed by atoms with Crippen LogP contribution in [0.3, 0.4) is 0 Å². The van der Waals surface area contributed by atoms with E-state index in [-0.39, 0.29) is 30.9 Å². The Bertz CT molecular complexity index is 1150. The highest BCUT2D eigenvalue weighted by Crippen LogP contribution is 2.45. The van der Waals surface area contributed by atoms with Crippen molar-refractivity contribution in [2.45, 2.75) is 31.3 Å². The molecule has 6 rings (SSSR count). The standard InChI is InChI=1S/C22H18N2O4/c25-17-6-8-20(26)24-16(17)10-14-13-3-1-2-4-15(13)23-21(14)22(24)12-5-7-18-19(9-12)28-11-27-18/h1-5,7,9,16,22-23H,6,8,10-11H2/t16-,22-/m0/s1. The molecule has 1 amide bonds. The van der Waals surface area contributed by atoms with Gasteiger partial charge in [0.1, 0.15) is 0 Å². The van der Waals surface area contributed by atoms with Crippen molar-refractivity contribution in [1.82, 2.24) is 9.88 Å². The van der Waals surface area contributed by atoms with Crippen LogP contribution in [0.1, 0.15) is 35.7 Å². The van der Waals surface area contributed by atoms with Crippen LogP contribution >= 0.6 is 0 Å². The number of aromatic nitrogens is 1. The molecule has 0 saturated carbocycles. The van der Waals surface area contributed by atoms with Crippen molar-refractivity contribution in [1.29, 1.82) is 0 Å². The van der Waals surface area contributed by atoms with Crippen molar-refractivity contribution in [3.05, 3.63) is 59.3 Å². The topological polar surface area (TPSA) is 71.6 Å². The van der Waals surface area contributed by atoms with Gasteiger partial charge in [0.2, 0.25) is 12.7 Å². The maximum Gasteiger partial charge on any atom is 0.231 e. The molecule has 0 radical (unpaired) electrons. The molecule has 0 spiro atoms. The lowest BCUT2D eigenvalue weighted by Crippen LogP contribution is -2.54. The molecule has 3 aliphatic heterocycles. The van der Waals surface area contributed by atoms with E-state index in [2.05, 4.69) is 11.1 Å². The van der Waals surface area contributed by atoms with E-state index in [0.717, 1.165) is 27.7 Å². The zero-order chi connectivity index (χ0) is 18.8. The highest BCUT2D eigenvalue weighted by atomic mass is 16.7. The Morgan fingerprint density at radius 1 is 1.00 bits per heavy atom. The van der Waals surface area contributed by atoms with Crippen LogP contribution in [0.4, 0.5) is 0 Å². The molecule has 6 heteroatoms. The number of ketones is 1. The summed E-state index contributed by atoms with van der Waals surface area (Å²) in [6.45, 7) is 0.199. The van der Waals surface area contributed by atoms with Crippen LogP contribution in [0.15, 0.2) is 42.5 Å². The number of hydrogen-bond acceptors (Lipinski definition) is 4. The number of H-pyrrole nitrogens is 1. The monoisotopic (exact) mass is 374 g/mol. The SMILES string of the molecule is O=C1CCC(=O)N2[C@@H](c3ccc4c(c3)OCO4)c3[nH]c4ccccc4c3C[C@@H]12. The lowest BCUT2D eigenvalue weighted by atomic mass is 9.83. The second kappa shape index (κ2) is 5.61. The quantitative estimate of drug-likeness (QED) is 0.710. The number of fused-ring (bicyclic) bond motifs is 5. The Morgan fingerprint density at radius 3 is 2.79 bits per heavy atom. The van der Waals surface area contributed by atoms with Gasteiger partial charge in [-0.3, -0.25) is 9.59 Å². The first-order chi connectivity index (χ1) is 13.7. The van der Waals surface area contributed by atoms with Crippen molar-refractivity contribution < 1.29 is 19.1 Å². The Kier molecular flexibility index (Phi) is 3.15. The molecule has 1 saturated heterocycles.